The Kier molecular flexibility index (Phi) is 6.57. The molecular weight excluding hydrogens is 356 g/mol. The molecule has 6 nitrogen and oxygen atoms in total. The van der Waals surface area contributed by atoms with Crippen molar-refractivity contribution in [2.24, 2.45) is 5.10 Å². The van der Waals surface area contributed by atoms with Gasteiger partial charge in [-0.3, -0.25) is 9.59 Å². The number of hydrogen-bond acceptors (Lipinski definition) is 5. The van der Waals surface area contributed by atoms with Gasteiger partial charge in [0.1, 0.15) is 17.6 Å². The maximum atomic E-state index is 12.3. The van der Waals surface area contributed by atoms with Gasteiger partial charge in [0.2, 0.25) is 5.43 Å². The minimum Gasteiger partial charge on any atom is -0.484 e. The number of hydrazone groups is 1. The Balaban J connectivity index is 1.51. The van der Waals surface area contributed by atoms with E-state index in [1.54, 1.807) is 24.3 Å². The van der Waals surface area contributed by atoms with Crippen LogP contribution in [0.15, 0.2) is 69.1 Å². The molecule has 0 saturated heterocycles. The van der Waals surface area contributed by atoms with Gasteiger partial charge in [0.25, 0.3) is 5.91 Å². The third kappa shape index (κ3) is 5.07. The highest BCUT2D eigenvalue weighted by atomic mass is 16.5. The van der Waals surface area contributed by atoms with E-state index in [-0.39, 0.29) is 17.6 Å². The maximum Gasteiger partial charge on any atom is 0.277 e. The average Bonchev–Trinajstić information content (AvgIpc) is 2.73. The Bertz CT molecular complexity index is 1020. The highest BCUT2D eigenvalue weighted by molar-refractivity contribution is 5.87. The van der Waals surface area contributed by atoms with Crippen LogP contribution >= 0.6 is 0 Å². The zero-order valence-electron chi connectivity index (χ0n) is 15.7. The summed E-state index contributed by atoms with van der Waals surface area (Å²) in [5, 5.41) is 4.27. The van der Waals surface area contributed by atoms with Crippen LogP contribution in [0.4, 0.5) is 0 Å². The van der Waals surface area contributed by atoms with E-state index in [1.165, 1.54) is 18.0 Å². The van der Waals surface area contributed by atoms with Crippen LogP contribution in [-0.2, 0) is 11.2 Å². The van der Waals surface area contributed by atoms with Crippen molar-refractivity contribution in [1.29, 1.82) is 0 Å². The zero-order valence-corrected chi connectivity index (χ0v) is 15.7. The van der Waals surface area contributed by atoms with E-state index in [1.807, 2.05) is 24.3 Å². The van der Waals surface area contributed by atoms with Gasteiger partial charge >= 0.3 is 0 Å². The molecule has 1 amide bonds. The lowest BCUT2D eigenvalue weighted by atomic mass is 10.1. The molecule has 144 valence electrons. The fraction of sp³-hybridized carbons (Fsp3) is 0.227. The van der Waals surface area contributed by atoms with Gasteiger partial charge in [0, 0.05) is 0 Å². The van der Waals surface area contributed by atoms with E-state index in [4.69, 9.17) is 9.15 Å². The number of nitrogens with zero attached hydrogens (tertiary/aromatic N) is 1. The molecule has 6 heteroatoms. The first-order valence-corrected chi connectivity index (χ1v) is 9.21. The predicted molar refractivity (Wildman–Crippen MR) is 109 cm³/mol. The Hall–Kier alpha value is -3.41. The number of nitrogens with one attached hydrogen (secondary N) is 1. The molecule has 2 aromatic carbocycles. The molecule has 28 heavy (non-hydrogen) atoms. The van der Waals surface area contributed by atoms with Gasteiger partial charge in [-0.1, -0.05) is 37.6 Å². The standard InChI is InChI=1S/C22H22N2O4/c1-2-3-6-16-9-11-18(12-10-16)27-15-21(25)24-23-13-17-14-28-20-8-5-4-7-19(20)22(17)26/h4-5,7-14H,2-3,6,15H2,1H3,(H,24,25). The number of unbranched alkanes of at least 4 members (excludes halogenated alkanes) is 1. The first-order chi connectivity index (χ1) is 13.7. The van der Waals surface area contributed by atoms with Crippen molar-refractivity contribution < 1.29 is 13.9 Å². The van der Waals surface area contributed by atoms with Crippen molar-refractivity contribution in [3.63, 3.8) is 0 Å². The number of aryl methyl sites for hydroxylation is 1. The largest absolute Gasteiger partial charge is 0.484 e. The first-order valence-electron chi connectivity index (χ1n) is 9.21. The van der Waals surface area contributed by atoms with Crippen molar-refractivity contribution in [2.45, 2.75) is 26.2 Å². The van der Waals surface area contributed by atoms with Crippen molar-refractivity contribution >= 4 is 23.1 Å². The van der Waals surface area contributed by atoms with E-state index in [2.05, 4.69) is 17.5 Å². The zero-order chi connectivity index (χ0) is 19.8. The van der Waals surface area contributed by atoms with Crippen LogP contribution in [0.5, 0.6) is 5.75 Å². The van der Waals surface area contributed by atoms with Gasteiger partial charge in [-0.15, -0.1) is 0 Å². The Morgan fingerprint density at radius 3 is 2.75 bits per heavy atom. The predicted octanol–water partition coefficient (Wildman–Crippen LogP) is 3.66. The third-order valence-corrected chi connectivity index (χ3v) is 4.21. The van der Waals surface area contributed by atoms with E-state index in [0.29, 0.717) is 16.7 Å². The smallest absolute Gasteiger partial charge is 0.277 e. The third-order valence-electron chi connectivity index (χ3n) is 4.21. The summed E-state index contributed by atoms with van der Waals surface area (Å²) in [6, 6.07) is 14.6. The normalized spacial score (nSPS) is 11.0. The maximum absolute atomic E-state index is 12.3. The summed E-state index contributed by atoms with van der Waals surface area (Å²) >= 11 is 0. The molecule has 1 heterocycles. The molecule has 0 atom stereocenters. The van der Waals surface area contributed by atoms with Crippen molar-refractivity contribution in [2.75, 3.05) is 6.61 Å². The number of amides is 1. The molecule has 1 N–H and O–H groups in total. The van der Waals surface area contributed by atoms with Crippen LogP contribution in [0.3, 0.4) is 0 Å². The first kappa shape index (κ1) is 19.4. The summed E-state index contributed by atoms with van der Waals surface area (Å²) in [5.41, 5.74) is 4.13. The summed E-state index contributed by atoms with van der Waals surface area (Å²) in [6.45, 7) is 1.99. The number of para-hydroxylation sites is 1. The second-order valence-corrected chi connectivity index (χ2v) is 6.35. The van der Waals surface area contributed by atoms with Gasteiger partial charge in [0.15, 0.2) is 6.61 Å². The number of benzene rings is 2. The van der Waals surface area contributed by atoms with E-state index < -0.39 is 5.91 Å². The second kappa shape index (κ2) is 9.50. The lowest BCUT2D eigenvalue weighted by molar-refractivity contribution is -0.123. The van der Waals surface area contributed by atoms with Gasteiger partial charge in [-0.25, -0.2) is 5.43 Å². The van der Waals surface area contributed by atoms with Crippen molar-refractivity contribution in [1.82, 2.24) is 5.43 Å². The average molecular weight is 378 g/mol. The number of carbonyl (C=O) groups is 1. The number of ether oxygens (including phenoxy) is 1. The number of fused-ring (bicyclic) bond motifs is 1. The van der Waals surface area contributed by atoms with Gasteiger partial charge < -0.3 is 9.15 Å². The van der Waals surface area contributed by atoms with Crippen LogP contribution in [0, 0.1) is 0 Å². The minimum absolute atomic E-state index is 0.169. The van der Waals surface area contributed by atoms with Crippen LogP contribution in [0.25, 0.3) is 11.0 Å². The Morgan fingerprint density at radius 2 is 1.96 bits per heavy atom. The second-order valence-electron chi connectivity index (χ2n) is 6.35. The molecule has 3 rings (SSSR count). The molecule has 3 aromatic rings. The summed E-state index contributed by atoms with van der Waals surface area (Å²) in [4.78, 5) is 24.2. The molecule has 0 aliphatic rings. The monoisotopic (exact) mass is 378 g/mol. The van der Waals surface area contributed by atoms with Crippen molar-refractivity contribution in [3.8, 4) is 5.75 Å². The topological polar surface area (TPSA) is 80.9 Å². The minimum atomic E-state index is -0.420. The molecule has 0 unspecified atom stereocenters. The molecular formula is C22H22N2O4. The lowest BCUT2D eigenvalue weighted by Gasteiger charge is -2.06. The van der Waals surface area contributed by atoms with Gasteiger partial charge in [0.05, 0.1) is 17.2 Å². The molecule has 0 saturated carbocycles. The quantitative estimate of drug-likeness (QED) is 0.479. The molecule has 0 bridgehead atoms. The molecule has 0 radical (unpaired) electrons. The summed E-state index contributed by atoms with van der Waals surface area (Å²) in [7, 11) is 0. The molecule has 0 spiro atoms. The molecule has 0 aliphatic carbocycles. The Morgan fingerprint density at radius 1 is 1.18 bits per heavy atom. The Labute approximate surface area is 162 Å². The molecule has 0 fully saturated rings. The SMILES string of the molecule is CCCCc1ccc(OCC(=O)NN=Cc2coc3ccccc3c2=O)cc1. The summed E-state index contributed by atoms with van der Waals surface area (Å²) in [5.74, 6) is 0.200. The van der Waals surface area contributed by atoms with Gasteiger partial charge in [-0.05, 0) is 42.7 Å². The van der Waals surface area contributed by atoms with E-state index in [0.717, 1.165) is 19.3 Å². The molecule has 0 aliphatic heterocycles. The number of carbonyl (C=O) groups excluding carboxylic acids is 1. The van der Waals surface area contributed by atoms with Crippen LogP contribution in [0.2, 0.25) is 0 Å². The van der Waals surface area contributed by atoms with E-state index in [9.17, 15) is 9.59 Å². The highest BCUT2D eigenvalue weighted by Gasteiger charge is 2.05. The fourth-order valence-electron chi connectivity index (χ4n) is 2.67. The number of rotatable bonds is 8. The molecule has 1 aromatic heterocycles. The summed E-state index contributed by atoms with van der Waals surface area (Å²) < 4.78 is 10.8. The van der Waals surface area contributed by atoms with Crippen LogP contribution in [-0.4, -0.2) is 18.7 Å². The lowest BCUT2D eigenvalue weighted by Crippen LogP contribution is -2.25. The number of hydrogen-bond donors (Lipinski definition) is 1. The van der Waals surface area contributed by atoms with Gasteiger partial charge in [-0.2, -0.15) is 5.10 Å². The fourth-order valence-corrected chi connectivity index (χ4v) is 2.67. The van der Waals surface area contributed by atoms with Crippen molar-refractivity contribution in [3.05, 3.63) is 76.1 Å². The highest BCUT2D eigenvalue weighted by Crippen LogP contribution is 2.14. The van der Waals surface area contributed by atoms with Crippen LogP contribution in [0.1, 0.15) is 30.9 Å². The van der Waals surface area contributed by atoms with E-state index >= 15 is 0 Å². The van der Waals surface area contributed by atoms with Crippen LogP contribution < -0.4 is 15.6 Å². The summed E-state index contributed by atoms with van der Waals surface area (Å²) in [6.07, 6.45) is 5.92.